The predicted molar refractivity (Wildman–Crippen MR) is 90.4 cm³/mol. The van der Waals surface area contributed by atoms with Crippen molar-refractivity contribution >= 4 is 0 Å². The van der Waals surface area contributed by atoms with Crippen molar-refractivity contribution in [2.75, 3.05) is 66.4 Å². The van der Waals surface area contributed by atoms with Crippen LogP contribution in [-0.4, -0.2) is 76.4 Å². The zero-order valence-electron chi connectivity index (χ0n) is 14.7. The molecule has 134 valence electrons. The largest absolute Gasteiger partial charge is 0.394 e. The molecule has 0 rings (SSSR count). The van der Waals surface area contributed by atoms with E-state index in [4.69, 9.17) is 19.3 Å². The van der Waals surface area contributed by atoms with Crippen molar-refractivity contribution in [3.8, 4) is 0 Å². The lowest BCUT2D eigenvalue weighted by Crippen LogP contribution is -2.25. The van der Waals surface area contributed by atoms with E-state index in [-0.39, 0.29) is 6.61 Å². The molecule has 0 spiro atoms. The zero-order valence-corrected chi connectivity index (χ0v) is 14.7. The van der Waals surface area contributed by atoms with Gasteiger partial charge in [-0.1, -0.05) is 39.0 Å². The van der Waals surface area contributed by atoms with Gasteiger partial charge in [0.25, 0.3) is 0 Å². The quantitative estimate of drug-likeness (QED) is 0.393. The van der Waals surface area contributed by atoms with E-state index in [2.05, 4.69) is 18.9 Å². The lowest BCUT2D eigenvalue weighted by molar-refractivity contribution is 0.00536. The highest BCUT2D eigenvalue weighted by atomic mass is 16.5. The number of hydrogen-bond acceptors (Lipinski definition) is 5. The van der Waals surface area contributed by atoms with Gasteiger partial charge in [-0.05, 0) is 20.0 Å². The molecule has 0 aromatic carbocycles. The number of aliphatic hydroxyl groups is 1. The summed E-state index contributed by atoms with van der Waals surface area (Å²) in [5, 5.41) is 8.52. The van der Waals surface area contributed by atoms with Crippen molar-refractivity contribution in [2.45, 2.75) is 45.4 Å². The number of nitrogens with zero attached hydrogens (tertiary/aromatic N) is 1. The van der Waals surface area contributed by atoms with Gasteiger partial charge in [0, 0.05) is 6.54 Å². The van der Waals surface area contributed by atoms with Gasteiger partial charge in [-0.15, -0.1) is 0 Å². The summed E-state index contributed by atoms with van der Waals surface area (Å²) in [5.74, 6) is 0. The molecule has 0 aliphatic rings. The Hall–Kier alpha value is -0.200. The molecular formula is C17H37NO4. The van der Waals surface area contributed by atoms with E-state index in [0.29, 0.717) is 33.0 Å². The fourth-order valence-electron chi connectivity index (χ4n) is 2.10. The third-order valence-corrected chi connectivity index (χ3v) is 3.49. The summed E-state index contributed by atoms with van der Waals surface area (Å²) in [7, 11) is 2.16. The average Bonchev–Trinajstić information content (AvgIpc) is 2.52. The minimum Gasteiger partial charge on any atom is -0.394 e. The third-order valence-electron chi connectivity index (χ3n) is 3.49. The van der Waals surface area contributed by atoms with Crippen LogP contribution in [0, 0.1) is 0 Å². The average molecular weight is 319 g/mol. The summed E-state index contributed by atoms with van der Waals surface area (Å²) in [4.78, 5) is 2.34. The molecule has 0 aliphatic heterocycles. The molecule has 0 aromatic heterocycles. The Morgan fingerprint density at radius 1 is 0.682 bits per heavy atom. The second-order valence-electron chi connectivity index (χ2n) is 5.63. The second kappa shape index (κ2) is 18.8. The number of hydrogen-bond donors (Lipinski definition) is 1. The maximum atomic E-state index is 8.52. The first-order valence-corrected chi connectivity index (χ1v) is 8.84. The van der Waals surface area contributed by atoms with Gasteiger partial charge in [-0.3, -0.25) is 0 Å². The summed E-state index contributed by atoms with van der Waals surface area (Å²) in [6.07, 6.45) is 8.08. The van der Waals surface area contributed by atoms with Crippen molar-refractivity contribution in [3.63, 3.8) is 0 Å². The molecule has 0 saturated heterocycles. The summed E-state index contributed by atoms with van der Waals surface area (Å²) in [6.45, 7) is 7.92. The lowest BCUT2D eigenvalue weighted by atomic mass is 10.1. The molecule has 0 atom stereocenters. The molecule has 0 aromatic rings. The van der Waals surface area contributed by atoms with Gasteiger partial charge < -0.3 is 24.2 Å². The maximum Gasteiger partial charge on any atom is 0.0701 e. The van der Waals surface area contributed by atoms with Crippen LogP contribution in [-0.2, 0) is 14.2 Å². The fraction of sp³-hybridized carbons (Fsp3) is 1.00. The molecule has 0 aliphatic carbocycles. The number of aliphatic hydroxyl groups excluding tert-OH is 1. The van der Waals surface area contributed by atoms with Gasteiger partial charge in [0.1, 0.15) is 0 Å². The van der Waals surface area contributed by atoms with Gasteiger partial charge in [-0.25, -0.2) is 0 Å². The molecule has 0 saturated carbocycles. The Kier molecular flexibility index (Phi) is 18.7. The Balaban J connectivity index is 3.10. The van der Waals surface area contributed by atoms with E-state index in [1.807, 2.05) is 0 Å². The van der Waals surface area contributed by atoms with Crippen molar-refractivity contribution < 1.29 is 19.3 Å². The van der Waals surface area contributed by atoms with E-state index >= 15 is 0 Å². The van der Waals surface area contributed by atoms with Crippen LogP contribution in [0.1, 0.15) is 45.4 Å². The molecule has 0 amide bonds. The number of ether oxygens (including phenoxy) is 3. The van der Waals surface area contributed by atoms with Crippen LogP contribution in [0.3, 0.4) is 0 Å². The topological polar surface area (TPSA) is 51.2 Å². The first kappa shape index (κ1) is 21.8. The second-order valence-corrected chi connectivity index (χ2v) is 5.63. The van der Waals surface area contributed by atoms with Crippen LogP contribution in [0.5, 0.6) is 0 Å². The Bertz CT molecular complexity index is 205. The molecule has 0 radical (unpaired) electrons. The fourth-order valence-corrected chi connectivity index (χ4v) is 2.10. The molecule has 1 N–H and O–H groups in total. The van der Waals surface area contributed by atoms with Crippen molar-refractivity contribution in [2.24, 2.45) is 0 Å². The Morgan fingerprint density at radius 2 is 1.23 bits per heavy atom. The van der Waals surface area contributed by atoms with Crippen molar-refractivity contribution in [3.05, 3.63) is 0 Å². The normalized spacial score (nSPS) is 11.5. The molecule has 5 heteroatoms. The highest BCUT2D eigenvalue weighted by Gasteiger charge is 1.98. The van der Waals surface area contributed by atoms with Gasteiger partial charge in [0.05, 0.1) is 46.2 Å². The Labute approximate surface area is 136 Å². The van der Waals surface area contributed by atoms with Crippen LogP contribution in [0.4, 0.5) is 0 Å². The SMILES string of the molecule is CCCCCCCCN(C)CCOCCOCCOCCO. The predicted octanol–water partition coefficient (Wildman–Crippen LogP) is 2.32. The summed E-state index contributed by atoms with van der Waals surface area (Å²) >= 11 is 0. The van der Waals surface area contributed by atoms with Crippen LogP contribution in [0.15, 0.2) is 0 Å². The van der Waals surface area contributed by atoms with Crippen LogP contribution in [0.2, 0.25) is 0 Å². The van der Waals surface area contributed by atoms with Crippen LogP contribution < -0.4 is 0 Å². The first-order chi connectivity index (χ1) is 10.8. The molecule has 0 unspecified atom stereocenters. The van der Waals surface area contributed by atoms with E-state index < -0.39 is 0 Å². The smallest absolute Gasteiger partial charge is 0.0701 e. The van der Waals surface area contributed by atoms with E-state index in [0.717, 1.165) is 19.7 Å². The van der Waals surface area contributed by atoms with E-state index in [1.54, 1.807) is 0 Å². The van der Waals surface area contributed by atoms with Crippen molar-refractivity contribution in [1.82, 2.24) is 4.90 Å². The zero-order chi connectivity index (χ0) is 16.3. The summed E-state index contributed by atoms with van der Waals surface area (Å²) in [6, 6.07) is 0. The van der Waals surface area contributed by atoms with Crippen LogP contribution >= 0.6 is 0 Å². The van der Waals surface area contributed by atoms with Gasteiger partial charge in [-0.2, -0.15) is 0 Å². The molecule has 0 fully saturated rings. The van der Waals surface area contributed by atoms with E-state index in [1.165, 1.54) is 38.5 Å². The van der Waals surface area contributed by atoms with E-state index in [9.17, 15) is 0 Å². The minimum atomic E-state index is 0.0649. The molecule has 5 nitrogen and oxygen atoms in total. The summed E-state index contributed by atoms with van der Waals surface area (Å²) < 4.78 is 16.0. The Morgan fingerprint density at radius 3 is 1.86 bits per heavy atom. The maximum absolute atomic E-state index is 8.52. The molecule has 0 bridgehead atoms. The van der Waals surface area contributed by atoms with Gasteiger partial charge in [0.2, 0.25) is 0 Å². The summed E-state index contributed by atoms with van der Waals surface area (Å²) in [5.41, 5.74) is 0. The molecule has 0 heterocycles. The number of unbranched alkanes of at least 4 members (excludes halogenated alkanes) is 5. The first-order valence-electron chi connectivity index (χ1n) is 8.84. The standard InChI is InChI=1S/C17H37NO4/c1-3-4-5-6-7-8-9-18(2)10-12-20-14-16-22-17-15-21-13-11-19/h19H,3-17H2,1-2H3. The third kappa shape index (κ3) is 17.9. The highest BCUT2D eigenvalue weighted by molar-refractivity contribution is 4.52. The molecular weight excluding hydrogens is 282 g/mol. The van der Waals surface area contributed by atoms with Crippen molar-refractivity contribution in [1.29, 1.82) is 0 Å². The lowest BCUT2D eigenvalue weighted by Gasteiger charge is -2.16. The highest BCUT2D eigenvalue weighted by Crippen LogP contribution is 2.05. The number of likely N-dealkylation sites (N-methyl/N-ethyl adjacent to an activating group) is 1. The minimum absolute atomic E-state index is 0.0649. The molecule has 22 heavy (non-hydrogen) atoms. The number of rotatable bonds is 18. The monoisotopic (exact) mass is 319 g/mol. The van der Waals surface area contributed by atoms with Gasteiger partial charge >= 0.3 is 0 Å². The van der Waals surface area contributed by atoms with Crippen LogP contribution in [0.25, 0.3) is 0 Å². The van der Waals surface area contributed by atoms with Gasteiger partial charge in [0.15, 0.2) is 0 Å².